The molecule has 0 radical (unpaired) electrons. The molecular formula is C20H19N3O5S2. The maximum atomic E-state index is 12.5. The molecule has 0 atom stereocenters. The summed E-state index contributed by atoms with van der Waals surface area (Å²) in [4.78, 5) is 24.4. The van der Waals surface area contributed by atoms with E-state index >= 15 is 0 Å². The van der Waals surface area contributed by atoms with Gasteiger partial charge < -0.3 is 4.74 Å². The van der Waals surface area contributed by atoms with E-state index in [4.69, 9.17) is 4.74 Å². The first-order valence-electron chi connectivity index (χ1n) is 8.80. The van der Waals surface area contributed by atoms with E-state index in [1.807, 2.05) is 19.1 Å². The van der Waals surface area contributed by atoms with Gasteiger partial charge in [-0.15, -0.1) is 11.3 Å². The number of rotatable bonds is 7. The molecule has 3 aromatic rings. The average molecular weight is 446 g/mol. The summed E-state index contributed by atoms with van der Waals surface area (Å²) in [5.74, 6) is -0.681. The van der Waals surface area contributed by atoms with Crippen molar-refractivity contribution in [2.24, 2.45) is 0 Å². The standard InChI is InChI=1S/C20H19N3O5S2/c1-14-7-2-5-10-17(14)28-13-18(24)21-22-20(25)15-8-3-4-9-16(15)23-30(26,27)19-11-6-12-29-19/h2-12,23H,13H2,1H3,(H,21,24)(H,22,25). The lowest BCUT2D eigenvalue weighted by Crippen LogP contribution is -2.44. The highest BCUT2D eigenvalue weighted by Gasteiger charge is 2.19. The van der Waals surface area contributed by atoms with Crippen molar-refractivity contribution in [1.29, 1.82) is 0 Å². The van der Waals surface area contributed by atoms with Crippen molar-refractivity contribution in [2.45, 2.75) is 11.1 Å². The van der Waals surface area contributed by atoms with E-state index in [1.54, 1.807) is 35.7 Å². The number of aryl methyl sites for hydroxylation is 1. The summed E-state index contributed by atoms with van der Waals surface area (Å²) in [7, 11) is -3.82. The van der Waals surface area contributed by atoms with Crippen LogP contribution in [-0.4, -0.2) is 26.8 Å². The first-order chi connectivity index (χ1) is 14.4. The highest BCUT2D eigenvalue weighted by Crippen LogP contribution is 2.22. The number of carbonyl (C=O) groups is 2. The molecule has 0 aliphatic carbocycles. The highest BCUT2D eigenvalue weighted by atomic mass is 32.2. The lowest BCUT2D eigenvalue weighted by atomic mass is 10.2. The van der Waals surface area contributed by atoms with Gasteiger partial charge in [-0.25, -0.2) is 8.42 Å². The summed E-state index contributed by atoms with van der Waals surface area (Å²) in [6.45, 7) is 1.56. The largest absolute Gasteiger partial charge is 0.483 e. The molecule has 10 heteroatoms. The molecule has 3 rings (SSSR count). The molecular weight excluding hydrogens is 426 g/mol. The summed E-state index contributed by atoms with van der Waals surface area (Å²) >= 11 is 1.06. The van der Waals surface area contributed by atoms with Crippen LogP contribution in [-0.2, 0) is 14.8 Å². The molecule has 0 fully saturated rings. The monoisotopic (exact) mass is 445 g/mol. The number of carbonyl (C=O) groups excluding carboxylic acids is 2. The SMILES string of the molecule is Cc1ccccc1OCC(=O)NNC(=O)c1ccccc1NS(=O)(=O)c1cccs1. The number of amides is 2. The Balaban J connectivity index is 1.61. The van der Waals surface area contributed by atoms with Crippen LogP contribution in [0.25, 0.3) is 0 Å². The Kier molecular flexibility index (Phi) is 6.70. The summed E-state index contributed by atoms with van der Waals surface area (Å²) in [6.07, 6.45) is 0. The molecule has 30 heavy (non-hydrogen) atoms. The van der Waals surface area contributed by atoms with Crippen LogP contribution in [0.4, 0.5) is 5.69 Å². The first-order valence-corrected chi connectivity index (χ1v) is 11.2. The second-order valence-electron chi connectivity index (χ2n) is 6.14. The predicted octanol–water partition coefficient (Wildman–Crippen LogP) is 2.70. The molecule has 0 aliphatic heterocycles. The van der Waals surface area contributed by atoms with Crippen molar-refractivity contribution in [1.82, 2.24) is 10.9 Å². The summed E-state index contributed by atoms with van der Waals surface area (Å²) in [5.41, 5.74) is 5.53. The van der Waals surface area contributed by atoms with E-state index in [1.165, 1.54) is 18.2 Å². The van der Waals surface area contributed by atoms with E-state index in [0.29, 0.717) is 5.75 Å². The van der Waals surface area contributed by atoms with Crippen LogP contribution in [0.1, 0.15) is 15.9 Å². The number of hydrogen-bond donors (Lipinski definition) is 3. The molecule has 0 saturated carbocycles. The number of nitrogens with one attached hydrogen (secondary N) is 3. The van der Waals surface area contributed by atoms with Gasteiger partial charge in [0.15, 0.2) is 6.61 Å². The lowest BCUT2D eigenvalue weighted by Gasteiger charge is -2.13. The van der Waals surface area contributed by atoms with Gasteiger partial charge in [-0.1, -0.05) is 36.4 Å². The Morgan fingerprint density at radius 3 is 2.43 bits per heavy atom. The van der Waals surface area contributed by atoms with Gasteiger partial charge in [-0.05, 0) is 42.1 Å². The van der Waals surface area contributed by atoms with Crippen LogP contribution in [0.15, 0.2) is 70.3 Å². The highest BCUT2D eigenvalue weighted by molar-refractivity contribution is 7.94. The van der Waals surface area contributed by atoms with Gasteiger partial charge in [0.2, 0.25) is 0 Å². The fraction of sp³-hybridized carbons (Fsp3) is 0.100. The van der Waals surface area contributed by atoms with Crippen LogP contribution in [0.2, 0.25) is 0 Å². The maximum Gasteiger partial charge on any atom is 0.276 e. The number of hydrazine groups is 1. The maximum absolute atomic E-state index is 12.5. The summed E-state index contributed by atoms with van der Waals surface area (Å²) in [5, 5.41) is 1.64. The van der Waals surface area contributed by atoms with Gasteiger partial charge in [-0.2, -0.15) is 0 Å². The number of para-hydroxylation sites is 2. The fourth-order valence-corrected chi connectivity index (χ4v) is 4.55. The third kappa shape index (κ3) is 5.37. The molecule has 0 aliphatic rings. The molecule has 2 amide bonds. The second-order valence-corrected chi connectivity index (χ2v) is 9.00. The van der Waals surface area contributed by atoms with E-state index in [0.717, 1.165) is 16.9 Å². The van der Waals surface area contributed by atoms with Crippen molar-refractivity contribution in [3.8, 4) is 5.75 Å². The summed E-state index contributed by atoms with van der Waals surface area (Å²) in [6, 6.07) is 16.4. The van der Waals surface area contributed by atoms with Crippen LogP contribution in [0.3, 0.4) is 0 Å². The second kappa shape index (κ2) is 9.42. The summed E-state index contributed by atoms with van der Waals surface area (Å²) < 4.78 is 32.8. The van der Waals surface area contributed by atoms with Gasteiger partial charge in [0.25, 0.3) is 21.8 Å². The van der Waals surface area contributed by atoms with Crippen molar-refractivity contribution >= 4 is 38.9 Å². The zero-order valence-electron chi connectivity index (χ0n) is 15.9. The van der Waals surface area contributed by atoms with Gasteiger partial charge in [0, 0.05) is 0 Å². The van der Waals surface area contributed by atoms with Crippen LogP contribution in [0.5, 0.6) is 5.75 Å². The van der Waals surface area contributed by atoms with Crippen LogP contribution in [0, 0.1) is 6.92 Å². The van der Waals surface area contributed by atoms with Gasteiger partial charge in [-0.3, -0.25) is 25.2 Å². The Bertz CT molecular complexity index is 1140. The minimum atomic E-state index is -3.82. The molecule has 3 N–H and O–H groups in total. The van der Waals surface area contributed by atoms with Gasteiger partial charge >= 0.3 is 0 Å². The molecule has 0 unspecified atom stereocenters. The number of ether oxygens (including phenoxy) is 1. The van der Waals surface area contributed by atoms with Crippen molar-refractivity contribution in [2.75, 3.05) is 11.3 Å². The van der Waals surface area contributed by atoms with E-state index in [2.05, 4.69) is 15.6 Å². The topological polar surface area (TPSA) is 114 Å². The predicted molar refractivity (Wildman–Crippen MR) is 114 cm³/mol. The Morgan fingerprint density at radius 2 is 1.70 bits per heavy atom. The Morgan fingerprint density at radius 1 is 0.967 bits per heavy atom. The average Bonchev–Trinajstić information content (AvgIpc) is 3.27. The van der Waals surface area contributed by atoms with E-state index < -0.39 is 21.8 Å². The molecule has 0 bridgehead atoms. The smallest absolute Gasteiger partial charge is 0.276 e. The molecule has 1 aromatic heterocycles. The number of anilines is 1. The Hall–Kier alpha value is -3.37. The van der Waals surface area contributed by atoms with E-state index in [-0.39, 0.29) is 22.1 Å². The minimum absolute atomic E-state index is 0.0535. The number of benzene rings is 2. The van der Waals surface area contributed by atoms with Crippen molar-refractivity contribution in [3.63, 3.8) is 0 Å². The van der Waals surface area contributed by atoms with Crippen LogP contribution < -0.4 is 20.3 Å². The normalized spacial score (nSPS) is 10.8. The first kappa shape index (κ1) is 21.3. The quantitative estimate of drug-likeness (QED) is 0.484. The third-order valence-electron chi connectivity index (χ3n) is 3.94. The number of thiophene rings is 1. The molecule has 0 spiro atoms. The fourth-order valence-electron chi connectivity index (χ4n) is 2.47. The molecule has 1 heterocycles. The molecule has 156 valence electrons. The zero-order valence-corrected chi connectivity index (χ0v) is 17.5. The molecule has 8 nitrogen and oxygen atoms in total. The van der Waals surface area contributed by atoms with Crippen LogP contribution >= 0.6 is 11.3 Å². The Labute approximate surface area is 177 Å². The number of sulfonamides is 1. The van der Waals surface area contributed by atoms with Gasteiger partial charge in [0.05, 0.1) is 11.3 Å². The third-order valence-corrected chi connectivity index (χ3v) is 6.71. The lowest BCUT2D eigenvalue weighted by molar-refractivity contribution is -0.123. The molecule has 0 saturated heterocycles. The molecule has 2 aromatic carbocycles. The van der Waals surface area contributed by atoms with E-state index in [9.17, 15) is 18.0 Å². The zero-order chi connectivity index (χ0) is 21.6. The van der Waals surface area contributed by atoms with Crippen molar-refractivity contribution in [3.05, 3.63) is 77.2 Å². The minimum Gasteiger partial charge on any atom is -0.483 e. The van der Waals surface area contributed by atoms with Gasteiger partial charge in [0.1, 0.15) is 9.96 Å². The number of hydrogen-bond acceptors (Lipinski definition) is 6. The van der Waals surface area contributed by atoms with Crippen molar-refractivity contribution < 1.29 is 22.7 Å².